The van der Waals surface area contributed by atoms with Crippen LogP contribution in [0.4, 0.5) is 4.79 Å². The van der Waals surface area contributed by atoms with E-state index < -0.39 is 18.1 Å². The van der Waals surface area contributed by atoms with Crippen molar-refractivity contribution in [2.75, 3.05) is 13.2 Å². The number of carbonyl (C=O) groups is 3. The van der Waals surface area contributed by atoms with Gasteiger partial charge in [-0.15, -0.1) is 0 Å². The summed E-state index contributed by atoms with van der Waals surface area (Å²) in [6, 6.07) is 15.6. The molecule has 1 atom stereocenters. The SMILES string of the molecule is CCC[C@H](NC(=O)CC1CC(CNC(=O)OCC2c3ccccc3-c3ccccc32)C1)C(=O)O. The third-order valence-corrected chi connectivity index (χ3v) is 6.90. The molecule has 0 aromatic heterocycles. The van der Waals surface area contributed by atoms with Crippen molar-refractivity contribution in [3.63, 3.8) is 0 Å². The molecule has 3 N–H and O–H groups in total. The van der Waals surface area contributed by atoms with Gasteiger partial charge in [-0.3, -0.25) is 4.79 Å². The van der Waals surface area contributed by atoms with E-state index in [1.807, 2.05) is 31.2 Å². The van der Waals surface area contributed by atoms with Crippen LogP contribution in [0.5, 0.6) is 0 Å². The summed E-state index contributed by atoms with van der Waals surface area (Å²) in [6.45, 7) is 2.69. The molecule has 2 amide bonds. The lowest BCUT2D eigenvalue weighted by Gasteiger charge is -2.35. The lowest BCUT2D eigenvalue weighted by Crippen LogP contribution is -2.43. The number of carboxylic acids is 1. The van der Waals surface area contributed by atoms with Crippen molar-refractivity contribution in [1.82, 2.24) is 10.6 Å². The molecular weight excluding hydrogens is 432 g/mol. The Morgan fingerprint density at radius 1 is 1.00 bits per heavy atom. The summed E-state index contributed by atoms with van der Waals surface area (Å²) in [6.07, 6.45) is 2.70. The number of rotatable bonds is 10. The summed E-state index contributed by atoms with van der Waals surface area (Å²) < 4.78 is 5.57. The van der Waals surface area contributed by atoms with Gasteiger partial charge in [0.25, 0.3) is 0 Å². The zero-order valence-corrected chi connectivity index (χ0v) is 19.5. The number of nitrogens with one attached hydrogen (secondary N) is 2. The largest absolute Gasteiger partial charge is 0.480 e. The van der Waals surface area contributed by atoms with E-state index in [1.54, 1.807) is 0 Å². The van der Waals surface area contributed by atoms with Crippen molar-refractivity contribution in [3.8, 4) is 11.1 Å². The average molecular weight is 465 g/mol. The van der Waals surface area contributed by atoms with Gasteiger partial charge in [-0.2, -0.15) is 0 Å². The first kappa shape index (κ1) is 23.8. The topological polar surface area (TPSA) is 105 Å². The van der Waals surface area contributed by atoms with E-state index in [2.05, 4.69) is 34.9 Å². The molecule has 1 saturated carbocycles. The number of carboxylic acid groups (broad SMARTS) is 1. The molecule has 0 spiro atoms. The van der Waals surface area contributed by atoms with Crippen LogP contribution in [0.1, 0.15) is 56.1 Å². The van der Waals surface area contributed by atoms with Crippen LogP contribution in [-0.2, 0) is 14.3 Å². The Morgan fingerprint density at radius 3 is 2.21 bits per heavy atom. The molecule has 7 nitrogen and oxygen atoms in total. The molecule has 2 aliphatic rings. The number of carbonyl (C=O) groups excluding carboxylic acids is 2. The van der Waals surface area contributed by atoms with E-state index in [9.17, 15) is 14.4 Å². The molecule has 7 heteroatoms. The number of ether oxygens (including phenoxy) is 1. The third-order valence-electron chi connectivity index (χ3n) is 6.90. The fourth-order valence-corrected chi connectivity index (χ4v) is 5.15. The zero-order chi connectivity index (χ0) is 24.1. The summed E-state index contributed by atoms with van der Waals surface area (Å²) in [5, 5.41) is 14.6. The van der Waals surface area contributed by atoms with Crippen LogP contribution in [0, 0.1) is 11.8 Å². The highest BCUT2D eigenvalue weighted by Crippen LogP contribution is 2.44. The molecule has 1 fully saturated rings. The fraction of sp³-hybridized carbons (Fsp3) is 0.444. The van der Waals surface area contributed by atoms with Gasteiger partial charge in [0.1, 0.15) is 12.6 Å². The van der Waals surface area contributed by atoms with Crippen molar-refractivity contribution in [1.29, 1.82) is 0 Å². The number of benzene rings is 2. The summed E-state index contributed by atoms with van der Waals surface area (Å²) >= 11 is 0. The van der Waals surface area contributed by atoms with Crippen molar-refractivity contribution in [2.24, 2.45) is 11.8 Å². The minimum atomic E-state index is -0.992. The predicted molar refractivity (Wildman–Crippen MR) is 128 cm³/mol. The van der Waals surface area contributed by atoms with E-state index >= 15 is 0 Å². The minimum absolute atomic E-state index is 0.0343. The molecule has 2 aliphatic carbocycles. The second-order valence-corrected chi connectivity index (χ2v) is 9.36. The van der Waals surface area contributed by atoms with Crippen LogP contribution in [-0.4, -0.2) is 42.3 Å². The van der Waals surface area contributed by atoms with Crippen molar-refractivity contribution in [3.05, 3.63) is 59.7 Å². The number of fused-ring (bicyclic) bond motifs is 3. The summed E-state index contributed by atoms with van der Waals surface area (Å²) in [4.78, 5) is 35.6. The molecule has 2 aromatic carbocycles. The maximum atomic E-state index is 12.3. The predicted octanol–water partition coefficient (Wildman–Crippen LogP) is 4.31. The van der Waals surface area contributed by atoms with Crippen LogP contribution in [0.2, 0.25) is 0 Å². The van der Waals surface area contributed by atoms with E-state index in [1.165, 1.54) is 22.3 Å². The Morgan fingerprint density at radius 2 is 1.62 bits per heavy atom. The van der Waals surface area contributed by atoms with E-state index in [4.69, 9.17) is 9.84 Å². The fourth-order valence-electron chi connectivity index (χ4n) is 5.15. The maximum absolute atomic E-state index is 12.3. The lowest BCUT2D eigenvalue weighted by atomic mass is 9.73. The molecule has 0 aliphatic heterocycles. The van der Waals surface area contributed by atoms with Crippen LogP contribution >= 0.6 is 0 Å². The van der Waals surface area contributed by atoms with Gasteiger partial charge < -0.3 is 20.5 Å². The first-order valence-electron chi connectivity index (χ1n) is 12.1. The van der Waals surface area contributed by atoms with Gasteiger partial charge in [0.15, 0.2) is 0 Å². The quantitative estimate of drug-likeness (QED) is 0.486. The highest BCUT2D eigenvalue weighted by atomic mass is 16.5. The number of amides is 2. The van der Waals surface area contributed by atoms with Crippen molar-refractivity contribution >= 4 is 18.0 Å². The molecular formula is C27H32N2O5. The van der Waals surface area contributed by atoms with Gasteiger partial charge in [0.2, 0.25) is 5.91 Å². The first-order chi connectivity index (χ1) is 16.5. The maximum Gasteiger partial charge on any atom is 0.407 e. The van der Waals surface area contributed by atoms with Gasteiger partial charge in [-0.1, -0.05) is 61.9 Å². The number of hydrogen-bond acceptors (Lipinski definition) is 4. The molecule has 4 rings (SSSR count). The molecule has 180 valence electrons. The van der Waals surface area contributed by atoms with Gasteiger partial charge in [-0.25, -0.2) is 9.59 Å². The molecule has 0 saturated heterocycles. The van der Waals surface area contributed by atoms with E-state index in [0.717, 1.165) is 12.8 Å². The van der Waals surface area contributed by atoms with Crippen LogP contribution < -0.4 is 10.6 Å². The zero-order valence-electron chi connectivity index (χ0n) is 19.5. The molecule has 2 aromatic rings. The highest BCUT2D eigenvalue weighted by molar-refractivity contribution is 5.83. The molecule has 0 unspecified atom stereocenters. The number of aliphatic carboxylic acids is 1. The monoisotopic (exact) mass is 464 g/mol. The summed E-state index contributed by atoms with van der Waals surface area (Å²) in [5.41, 5.74) is 4.75. The number of hydrogen-bond donors (Lipinski definition) is 3. The van der Waals surface area contributed by atoms with E-state index in [-0.39, 0.29) is 24.3 Å². The average Bonchev–Trinajstić information content (AvgIpc) is 3.12. The summed E-state index contributed by atoms with van der Waals surface area (Å²) in [5.74, 6) is -0.635. The normalized spacial score (nSPS) is 19.3. The molecule has 34 heavy (non-hydrogen) atoms. The van der Waals surface area contributed by atoms with Crippen LogP contribution in [0.3, 0.4) is 0 Å². The molecule has 0 bridgehead atoms. The smallest absolute Gasteiger partial charge is 0.407 e. The summed E-state index contributed by atoms with van der Waals surface area (Å²) in [7, 11) is 0. The van der Waals surface area contributed by atoms with Gasteiger partial charge in [0.05, 0.1) is 0 Å². The van der Waals surface area contributed by atoms with Crippen molar-refractivity contribution in [2.45, 2.75) is 51.0 Å². The van der Waals surface area contributed by atoms with E-state index in [0.29, 0.717) is 31.7 Å². The molecule has 0 heterocycles. The Balaban J connectivity index is 1.17. The second-order valence-electron chi connectivity index (χ2n) is 9.36. The van der Waals surface area contributed by atoms with Gasteiger partial charge in [-0.05, 0) is 53.4 Å². The highest BCUT2D eigenvalue weighted by Gasteiger charge is 2.32. The standard InChI is InChI=1S/C27H32N2O5/c1-2-7-24(26(31)32)29-25(30)14-17-12-18(13-17)15-28-27(33)34-16-23-21-10-5-3-8-19(21)20-9-4-6-11-22(20)23/h3-6,8-11,17-18,23-24H,2,7,12-16H2,1H3,(H,28,33)(H,29,30)(H,31,32)/t17?,18?,24-/m0/s1. The number of alkyl carbamates (subject to hydrolysis) is 1. The van der Waals surface area contributed by atoms with Crippen LogP contribution in [0.25, 0.3) is 11.1 Å². The lowest BCUT2D eigenvalue weighted by molar-refractivity contribution is -0.142. The Bertz CT molecular complexity index is 1000. The van der Waals surface area contributed by atoms with Crippen LogP contribution in [0.15, 0.2) is 48.5 Å². The Labute approximate surface area is 199 Å². The molecule has 0 radical (unpaired) electrons. The van der Waals surface area contributed by atoms with Gasteiger partial charge >= 0.3 is 12.1 Å². The van der Waals surface area contributed by atoms with Crippen molar-refractivity contribution < 1.29 is 24.2 Å². The van der Waals surface area contributed by atoms with Gasteiger partial charge in [0, 0.05) is 18.9 Å². The minimum Gasteiger partial charge on any atom is -0.480 e. The Hall–Kier alpha value is -3.35. The third kappa shape index (κ3) is 5.41. The Kier molecular flexibility index (Phi) is 7.50. The second kappa shape index (κ2) is 10.7. The first-order valence-corrected chi connectivity index (χ1v) is 12.1.